The number of ether oxygens (including phenoxy) is 3. The number of benzene rings is 3. The van der Waals surface area contributed by atoms with Crippen LogP contribution in [-0.4, -0.2) is 24.6 Å². The minimum atomic E-state index is -0.431. The number of esters is 2. The second-order valence-electron chi connectivity index (χ2n) is 11.8. The van der Waals surface area contributed by atoms with E-state index >= 15 is 0 Å². The van der Waals surface area contributed by atoms with Crippen LogP contribution in [-0.2, 0) is 17.6 Å². The number of rotatable bonds is 21. The highest BCUT2D eigenvalue weighted by molar-refractivity contribution is 5.92. The second kappa shape index (κ2) is 20.4. The van der Waals surface area contributed by atoms with Gasteiger partial charge in [-0.25, -0.2) is 9.59 Å². The summed E-state index contributed by atoms with van der Waals surface area (Å²) in [4.78, 5) is 25.1. The van der Waals surface area contributed by atoms with Crippen molar-refractivity contribution in [2.24, 2.45) is 0 Å². The molecule has 0 N–H and O–H groups in total. The Morgan fingerprint density at radius 1 is 0.568 bits per heavy atom. The van der Waals surface area contributed by atoms with Gasteiger partial charge in [-0.1, -0.05) is 95.9 Å². The van der Waals surface area contributed by atoms with Crippen molar-refractivity contribution in [2.75, 3.05) is 6.61 Å². The number of carbonyl (C=O) groups is 2. The van der Waals surface area contributed by atoms with Crippen molar-refractivity contribution in [2.45, 2.75) is 117 Å². The topological polar surface area (TPSA) is 61.8 Å². The molecule has 3 aromatic carbocycles. The lowest BCUT2D eigenvalue weighted by atomic mass is 10.0. The largest absolute Gasteiger partial charge is 0.494 e. The van der Waals surface area contributed by atoms with E-state index in [1.165, 1.54) is 56.9 Å². The summed E-state index contributed by atoms with van der Waals surface area (Å²) < 4.78 is 17.0. The van der Waals surface area contributed by atoms with Gasteiger partial charge in [-0.3, -0.25) is 0 Å². The lowest BCUT2D eigenvalue weighted by Crippen LogP contribution is -2.15. The van der Waals surface area contributed by atoms with Crippen molar-refractivity contribution in [3.05, 3.63) is 95.1 Å². The Balaban J connectivity index is 1.36. The smallest absolute Gasteiger partial charge is 0.343 e. The van der Waals surface area contributed by atoms with E-state index < -0.39 is 5.97 Å². The maximum atomic E-state index is 12.7. The predicted octanol–water partition coefficient (Wildman–Crippen LogP) is 10.3. The molecule has 0 unspecified atom stereocenters. The molecular formula is C39H52O5. The molecule has 0 spiro atoms. The van der Waals surface area contributed by atoms with Crippen molar-refractivity contribution >= 4 is 11.9 Å². The molecule has 5 nitrogen and oxygen atoms in total. The Morgan fingerprint density at radius 2 is 1.05 bits per heavy atom. The molecule has 0 aliphatic rings. The average molecular weight is 601 g/mol. The van der Waals surface area contributed by atoms with E-state index in [0.29, 0.717) is 16.9 Å². The van der Waals surface area contributed by atoms with Crippen molar-refractivity contribution < 1.29 is 23.8 Å². The molecule has 5 heteroatoms. The van der Waals surface area contributed by atoms with Crippen molar-refractivity contribution in [3.8, 4) is 11.5 Å². The van der Waals surface area contributed by atoms with Gasteiger partial charge in [0, 0.05) is 0 Å². The summed E-state index contributed by atoms with van der Waals surface area (Å²) in [6.07, 6.45) is 16.1. The molecule has 0 radical (unpaired) electrons. The first kappa shape index (κ1) is 34.9. The molecule has 0 bridgehead atoms. The molecule has 44 heavy (non-hydrogen) atoms. The summed E-state index contributed by atoms with van der Waals surface area (Å²) in [6.45, 7) is 7.13. The van der Waals surface area contributed by atoms with Gasteiger partial charge < -0.3 is 14.2 Å². The Bertz CT molecular complexity index is 1210. The van der Waals surface area contributed by atoms with Gasteiger partial charge in [0.25, 0.3) is 0 Å². The van der Waals surface area contributed by atoms with E-state index in [1.54, 1.807) is 36.4 Å². The molecule has 1 atom stereocenters. The van der Waals surface area contributed by atoms with Crippen LogP contribution in [0, 0.1) is 0 Å². The average Bonchev–Trinajstić information content (AvgIpc) is 3.04. The molecular weight excluding hydrogens is 548 g/mol. The van der Waals surface area contributed by atoms with Gasteiger partial charge in [-0.05, 0) is 98.7 Å². The molecule has 0 saturated carbocycles. The number of carbonyl (C=O) groups excluding carboxylic acids is 2. The van der Waals surface area contributed by atoms with Crippen molar-refractivity contribution in [3.63, 3.8) is 0 Å². The van der Waals surface area contributed by atoms with Crippen LogP contribution in [0.5, 0.6) is 11.5 Å². The van der Waals surface area contributed by atoms with Crippen LogP contribution >= 0.6 is 0 Å². The van der Waals surface area contributed by atoms with Crippen LogP contribution < -0.4 is 9.47 Å². The third-order valence-corrected chi connectivity index (χ3v) is 7.90. The zero-order valence-electron chi connectivity index (χ0n) is 27.2. The molecule has 0 fully saturated rings. The van der Waals surface area contributed by atoms with E-state index in [9.17, 15) is 9.59 Å². The fourth-order valence-electron chi connectivity index (χ4n) is 5.09. The van der Waals surface area contributed by atoms with Crippen LogP contribution in [0.2, 0.25) is 0 Å². The van der Waals surface area contributed by atoms with Crippen LogP contribution in [0.25, 0.3) is 0 Å². The Hall–Kier alpha value is -3.60. The minimum Gasteiger partial charge on any atom is -0.494 e. The first-order chi connectivity index (χ1) is 21.5. The third kappa shape index (κ3) is 13.4. The summed E-state index contributed by atoms with van der Waals surface area (Å²) in [7, 11) is 0. The summed E-state index contributed by atoms with van der Waals surface area (Å²) in [5.41, 5.74) is 3.34. The summed E-state index contributed by atoms with van der Waals surface area (Å²) >= 11 is 0. The van der Waals surface area contributed by atoms with E-state index in [0.717, 1.165) is 56.4 Å². The van der Waals surface area contributed by atoms with Crippen LogP contribution in [0.15, 0.2) is 72.8 Å². The molecule has 0 aliphatic heterocycles. The molecule has 0 heterocycles. The SMILES string of the molecule is CCCCCCCCCOc1ccc(CCc2ccc(C(=O)Oc3ccc(C(=O)O[C@H](C)CCCCCC)cc3)cc2)cc1. The first-order valence-electron chi connectivity index (χ1n) is 16.8. The summed E-state index contributed by atoms with van der Waals surface area (Å²) in [6, 6.07) is 22.4. The molecule has 3 rings (SSSR count). The number of aryl methyl sites for hydroxylation is 2. The summed E-state index contributed by atoms with van der Waals surface area (Å²) in [5.74, 6) is 0.530. The van der Waals surface area contributed by atoms with E-state index in [4.69, 9.17) is 14.2 Å². The van der Waals surface area contributed by atoms with Crippen LogP contribution in [0.3, 0.4) is 0 Å². The molecule has 0 saturated heterocycles. The number of hydrogen-bond donors (Lipinski definition) is 0. The highest BCUT2D eigenvalue weighted by Crippen LogP contribution is 2.19. The third-order valence-electron chi connectivity index (χ3n) is 7.90. The lowest BCUT2D eigenvalue weighted by molar-refractivity contribution is 0.0319. The normalized spacial score (nSPS) is 11.6. The van der Waals surface area contributed by atoms with Gasteiger partial charge in [0.15, 0.2) is 0 Å². The summed E-state index contributed by atoms with van der Waals surface area (Å²) in [5, 5.41) is 0. The van der Waals surface area contributed by atoms with Gasteiger partial charge in [-0.15, -0.1) is 0 Å². The predicted molar refractivity (Wildman–Crippen MR) is 179 cm³/mol. The van der Waals surface area contributed by atoms with Crippen molar-refractivity contribution in [1.82, 2.24) is 0 Å². The molecule has 238 valence electrons. The van der Waals surface area contributed by atoms with Gasteiger partial charge in [0.2, 0.25) is 0 Å². The second-order valence-corrected chi connectivity index (χ2v) is 11.8. The first-order valence-corrected chi connectivity index (χ1v) is 16.8. The number of unbranched alkanes of at least 4 members (excludes halogenated alkanes) is 9. The van der Waals surface area contributed by atoms with Gasteiger partial charge in [-0.2, -0.15) is 0 Å². The zero-order chi connectivity index (χ0) is 31.4. The Kier molecular flexibility index (Phi) is 16.2. The Labute approximate surface area is 265 Å². The van der Waals surface area contributed by atoms with E-state index in [1.807, 2.05) is 19.1 Å². The molecule has 3 aromatic rings. The molecule has 0 amide bonds. The lowest BCUT2D eigenvalue weighted by Gasteiger charge is -2.13. The van der Waals surface area contributed by atoms with E-state index in [2.05, 4.69) is 38.1 Å². The van der Waals surface area contributed by atoms with Crippen molar-refractivity contribution in [1.29, 1.82) is 0 Å². The molecule has 0 aromatic heterocycles. The van der Waals surface area contributed by atoms with Crippen LogP contribution in [0.4, 0.5) is 0 Å². The highest BCUT2D eigenvalue weighted by Gasteiger charge is 2.14. The van der Waals surface area contributed by atoms with Gasteiger partial charge >= 0.3 is 11.9 Å². The van der Waals surface area contributed by atoms with E-state index in [-0.39, 0.29) is 12.1 Å². The fraction of sp³-hybridized carbons (Fsp3) is 0.487. The Morgan fingerprint density at radius 3 is 1.66 bits per heavy atom. The zero-order valence-corrected chi connectivity index (χ0v) is 27.2. The molecule has 0 aliphatic carbocycles. The number of hydrogen-bond acceptors (Lipinski definition) is 5. The van der Waals surface area contributed by atoms with Gasteiger partial charge in [0.1, 0.15) is 11.5 Å². The minimum absolute atomic E-state index is 0.121. The maximum absolute atomic E-state index is 12.7. The standard InChI is InChI=1S/C39H52O5/c1-4-6-8-10-11-12-14-30-42-36-26-20-33(21-27-36)17-16-32-18-22-34(23-19-32)39(41)44-37-28-24-35(25-29-37)38(40)43-31(3)15-13-9-7-5-2/h18-29,31H,4-17,30H2,1-3H3/t31-/m1/s1. The maximum Gasteiger partial charge on any atom is 0.343 e. The van der Waals surface area contributed by atoms with Gasteiger partial charge in [0.05, 0.1) is 23.8 Å². The highest BCUT2D eigenvalue weighted by atomic mass is 16.5. The quantitative estimate of drug-likeness (QED) is 0.0691. The monoisotopic (exact) mass is 600 g/mol. The fourth-order valence-corrected chi connectivity index (χ4v) is 5.09. The van der Waals surface area contributed by atoms with Crippen LogP contribution in [0.1, 0.15) is 130 Å².